The minimum Gasteiger partial charge on any atom is -1.00 e. The summed E-state index contributed by atoms with van der Waals surface area (Å²) in [5.74, 6) is 1.67. The Bertz CT molecular complexity index is 873. The van der Waals surface area contributed by atoms with E-state index in [4.69, 9.17) is 21.1 Å². The highest BCUT2D eigenvalue weighted by Crippen LogP contribution is 2.37. The van der Waals surface area contributed by atoms with Crippen molar-refractivity contribution in [3.05, 3.63) is 58.1 Å². The summed E-state index contributed by atoms with van der Waals surface area (Å²) in [7, 11) is 3.44. The molecule has 0 aliphatic carbocycles. The molecule has 0 aromatic heterocycles. The summed E-state index contributed by atoms with van der Waals surface area (Å²) in [6.07, 6.45) is 13.3. The Balaban J connectivity index is 0.00000408. The van der Waals surface area contributed by atoms with Crippen molar-refractivity contribution in [2.75, 3.05) is 27.3 Å². The molecule has 0 N–H and O–H groups in total. The third kappa shape index (κ3) is 8.07. The number of methoxy groups -OCH3 is 2. The summed E-state index contributed by atoms with van der Waals surface area (Å²) >= 11 is 6.60. The number of hydrogen-bond donors (Lipinski definition) is 0. The van der Waals surface area contributed by atoms with Gasteiger partial charge in [-0.3, -0.25) is 0 Å². The van der Waals surface area contributed by atoms with Gasteiger partial charge in [0.05, 0.1) is 27.3 Å². The number of quaternary nitrogens is 1. The monoisotopic (exact) mass is 507 g/mol. The molecule has 0 spiro atoms. The number of ether oxygens (including phenoxy) is 2. The summed E-state index contributed by atoms with van der Waals surface area (Å²) in [5.41, 5.74) is 4.05. The SMILES string of the molecule is CCCCCCCCCCC[N+]1(Cc2ccccc2Cl)CCc2cc(OC)c(OC)cc2C1.[Cl-]. The van der Waals surface area contributed by atoms with E-state index in [-0.39, 0.29) is 12.4 Å². The van der Waals surface area contributed by atoms with E-state index in [1.165, 1.54) is 81.0 Å². The van der Waals surface area contributed by atoms with Gasteiger partial charge in [0, 0.05) is 22.6 Å². The van der Waals surface area contributed by atoms with Gasteiger partial charge in [0.15, 0.2) is 11.5 Å². The minimum absolute atomic E-state index is 0. The summed E-state index contributed by atoms with van der Waals surface area (Å²) in [6, 6.07) is 12.7. The lowest BCUT2D eigenvalue weighted by Crippen LogP contribution is -3.00. The van der Waals surface area contributed by atoms with E-state index in [0.29, 0.717) is 0 Å². The molecule has 0 fully saturated rings. The van der Waals surface area contributed by atoms with Crippen molar-refractivity contribution in [3.8, 4) is 11.5 Å². The molecule has 0 amide bonds. The fourth-order valence-corrected chi connectivity index (χ4v) is 5.49. The van der Waals surface area contributed by atoms with Crippen molar-refractivity contribution in [1.29, 1.82) is 0 Å². The van der Waals surface area contributed by atoms with E-state index in [1.54, 1.807) is 14.2 Å². The molecule has 0 saturated heterocycles. The lowest BCUT2D eigenvalue weighted by Gasteiger charge is -2.43. The first kappa shape index (κ1) is 28.8. The van der Waals surface area contributed by atoms with Crippen molar-refractivity contribution >= 4 is 11.6 Å². The molecule has 190 valence electrons. The van der Waals surface area contributed by atoms with Crippen LogP contribution in [-0.2, 0) is 19.5 Å². The van der Waals surface area contributed by atoms with Crippen LogP contribution in [0.5, 0.6) is 11.5 Å². The molecule has 1 atom stereocenters. The van der Waals surface area contributed by atoms with Gasteiger partial charge in [0.2, 0.25) is 0 Å². The van der Waals surface area contributed by atoms with Gasteiger partial charge in [-0.2, -0.15) is 0 Å². The van der Waals surface area contributed by atoms with Crippen LogP contribution in [0, 0.1) is 0 Å². The number of fused-ring (bicyclic) bond motifs is 1. The second kappa shape index (κ2) is 14.9. The molecule has 0 radical (unpaired) electrons. The Morgan fingerprint density at radius 2 is 1.41 bits per heavy atom. The molecule has 1 unspecified atom stereocenters. The van der Waals surface area contributed by atoms with Crippen LogP contribution in [0.3, 0.4) is 0 Å². The van der Waals surface area contributed by atoms with Crippen molar-refractivity contribution in [2.24, 2.45) is 0 Å². The van der Waals surface area contributed by atoms with Crippen molar-refractivity contribution in [3.63, 3.8) is 0 Å². The number of unbranched alkanes of at least 4 members (excludes halogenated alkanes) is 8. The number of benzene rings is 2. The summed E-state index contributed by atoms with van der Waals surface area (Å²) in [4.78, 5) is 0. The zero-order chi connectivity index (χ0) is 23.5. The van der Waals surface area contributed by atoms with Gasteiger partial charge >= 0.3 is 0 Å². The van der Waals surface area contributed by atoms with Crippen LogP contribution in [0.4, 0.5) is 0 Å². The van der Waals surface area contributed by atoms with Crippen LogP contribution < -0.4 is 21.9 Å². The van der Waals surface area contributed by atoms with Crippen LogP contribution in [0.1, 0.15) is 81.4 Å². The highest BCUT2D eigenvalue weighted by Gasteiger charge is 2.34. The second-order valence-electron chi connectivity index (χ2n) is 9.75. The lowest BCUT2D eigenvalue weighted by molar-refractivity contribution is -0.955. The number of halogens is 2. The first-order valence-corrected chi connectivity index (χ1v) is 13.3. The van der Waals surface area contributed by atoms with Gasteiger partial charge in [-0.05, 0) is 36.6 Å². The molecule has 1 heterocycles. The van der Waals surface area contributed by atoms with Gasteiger partial charge in [0.1, 0.15) is 13.1 Å². The van der Waals surface area contributed by atoms with Gasteiger partial charge in [-0.25, -0.2) is 0 Å². The Morgan fingerprint density at radius 3 is 2.03 bits per heavy atom. The molecule has 0 bridgehead atoms. The van der Waals surface area contributed by atoms with Gasteiger partial charge in [-0.1, -0.05) is 81.7 Å². The zero-order valence-electron chi connectivity index (χ0n) is 21.4. The van der Waals surface area contributed by atoms with Crippen molar-refractivity contribution in [2.45, 2.75) is 84.2 Å². The molecule has 1 aliphatic rings. The molecule has 2 aromatic rings. The Morgan fingerprint density at radius 1 is 0.824 bits per heavy atom. The Kier molecular flexibility index (Phi) is 12.6. The maximum Gasteiger partial charge on any atom is 0.161 e. The van der Waals surface area contributed by atoms with E-state index in [9.17, 15) is 0 Å². The number of rotatable bonds is 14. The maximum atomic E-state index is 6.60. The molecule has 34 heavy (non-hydrogen) atoms. The zero-order valence-corrected chi connectivity index (χ0v) is 22.9. The largest absolute Gasteiger partial charge is 1.00 e. The normalized spacial score (nSPS) is 17.1. The molecule has 0 saturated carbocycles. The molecular formula is C29H43Cl2NO2. The third-order valence-corrected chi connectivity index (χ3v) is 7.64. The maximum absolute atomic E-state index is 6.60. The smallest absolute Gasteiger partial charge is 0.161 e. The molecule has 1 aliphatic heterocycles. The van der Waals surface area contributed by atoms with Crippen LogP contribution in [-0.4, -0.2) is 31.8 Å². The number of hydrogen-bond acceptors (Lipinski definition) is 2. The van der Waals surface area contributed by atoms with Crippen LogP contribution >= 0.6 is 11.6 Å². The van der Waals surface area contributed by atoms with Crippen LogP contribution in [0.25, 0.3) is 0 Å². The van der Waals surface area contributed by atoms with E-state index in [1.807, 2.05) is 12.1 Å². The van der Waals surface area contributed by atoms with E-state index < -0.39 is 0 Å². The molecule has 3 nitrogen and oxygen atoms in total. The Labute approximate surface area is 218 Å². The highest BCUT2D eigenvalue weighted by molar-refractivity contribution is 6.31. The predicted octanol–water partition coefficient (Wildman–Crippen LogP) is 4.97. The first-order chi connectivity index (χ1) is 16.1. The number of nitrogens with zero attached hydrogens (tertiary/aromatic N) is 1. The minimum atomic E-state index is 0. The van der Waals surface area contributed by atoms with E-state index in [0.717, 1.165) is 47.1 Å². The predicted molar refractivity (Wildman–Crippen MR) is 139 cm³/mol. The average Bonchev–Trinajstić information content (AvgIpc) is 2.83. The third-order valence-electron chi connectivity index (χ3n) is 7.27. The van der Waals surface area contributed by atoms with E-state index in [2.05, 4.69) is 31.2 Å². The average molecular weight is 509 g/mol. The molecular weight excluding hydrogens is 465 g/mol. The summed E-state index contributed by atoms with van der Waals surface area (Å²) < 4.78 is 12.2. The van der Waals surface area contributed by atoms with Crippen molar-refractivity contribution in [1.82, 2.24) is 0 Å². The second-order valence-corrected chi connectivity index (χ2v) is 10.2. The highest BCUT2D eigenvalue weighted by atomic mass is 35.5. The van der Waals surface area contributed by atoms with Crippen LogP contribution in [0.2, 0.25) is 5.02 Å². The fourth-order valence-electron chi connectivity index (χ4n) is 5.29. The first-order valence-electron chi connectivity index (χ1n) is 12.9. The molecule has 2 aromatic carbocycles. The summed E-state index contributed by atoms with van der Waals surface area (Å²) in [5, 5.41) is 0.889. The van der Waals surface area contributed by atoms with Gasteiger partial charge < -0.3 is 26.4 Å². The molecule has 3 rings (SSSR count). The van der Waals surface area contributed by atoms with E-state index >= 15 is 0 Å². The standard InChI is InChI=1S/C29H43ClNO2.ClH/c1-4-5-6-7-8-9-10-11-14-18-31(22-25-15-12-13-16-27(25)30)19-17-24-20-28(32-2)29(33-3)21-26(24)23-31;/h12-13,15-16,20-21H,4-11,14,17-19,22-23H2,1-3H3;1H/q+1;/p-1. The quantitative estimate of drug-likeness (QED) is 0.265. The van der Waals surface area contributed by atoms with Gasteiger partial charge in [0.25, 0.3) is 0 Å². The molecule has 5 heteroatoms. The Hall–Kier alpha value is -1.42. The summed E-state index contributed by atoms with van der Waals surface area (Å²) in [6.45, 7) is 6.65. The van der Waals surface area contributed by atoms with Crippen molar-refractivity contribution < 1.29 is 26.4 Å². The topological polar surface area (TPSA) is 18.5 Å². The van der Waals surface area contributed by atoms with Gasteiger partial charge in [-0.15, -0.1) is 0 Å². The van der Waals surface area contributed by atoms with Crippen LogP contribution in [0.15, 0.2) is 36.4 Å². The fraction of sp³-hybridized carbons (Fsp3) is 0.586. The lowest BCUT2D eigenvalue weighted by atomic mass is 9.95.